The molecule has 140 valence electrons. The van der Waals surface area contributed by atoms with E-state index in [2.05, 4.69) is 0 Å². The van der Waals surface area contributed by atoms with Crippen LogP contribution in [0.1, 0.15) is 57.4 Å². The number of nitro groups is 1. The number of nitrogens with zero attached hydrogens (tertiary/aromatic N) is 1. The minimum atomic E-state index is -0.569. The van der Waals surface area contributed by atoms with Crippen LogP contribution in [-0.4, -0.2) is 16.5 Å². The Morgan fingerprint density at radius 1 is 1.07 bits per heavy atom. The maximum Gasteiger partial charge on any atom is 0.269 e. The van der Waals surface area contributed by atoms with Gasteiger partial charge in [0.25, 0.3) is 5.69 Å². The van der Waals surface area contributed by atoms with E-state index in [0.29, 0.717) is 53.9 Å². The predicted molar refractivity (Wildman–Crippen MR) is 97.9 cm³/mol. The summed E-state index contributed by atoms with van der Waals surface area (Å²) in [7, 11) is 0. The van der Waals surface area contributed by atoms with Crippen LogP contribution in [0, 0.1) is 15.5 Å². The molecule has 1 aliphatic heterocycles. The van der Waals surface area contributed by atoms with Gasteiger partial charge < -0.3 is 4.74 Å². The van der Waals surface area contributed by atoms with Crippen LogP contribution in [0.4, 0.5) is 5.69 Å². The topological polar surface area (TPSA) is 86.5 Å². The van der Waals surface area contributed by atoms with Gasteiger partial charge in [0.15, 0.2) is 11.6 Å². The number of hydrogen-bond acceptors (Lipinski definition) is 5. The highest BCUT2D eigenvalue weighted by molar-refractivity contribution is 6.06. The molecule has 2 aliphatic carbocycles. The molecule has 27 heavy (non-hydrogen) atoms. The van der Waals surface area contributed by atoms with Crippen molar-refractivity contribution in [1.82, 2.24) is 0 Å². The van der Waals surface area contributed by atoms with Crippen molar-refractivity contribution in [1.29, 1.82) is 0 Å². The molecule has 0 aromatic heterocycles. The van der Waals surface area contributed by atoms with Crippen LogP contribution >= 0.6 is 0 Å². The zero-order valence-corrected chi connectivity index (χ0v) is 15.4. The van der Waals surface area contributed by atoms with Crippen LogP contribution in [0.15, 0.2) is 46.9 Å². The number of carbonyl (C=O) groups is 2. The van der Waals surface area contributed by atoms with E-state index in [9.17, 15) is 19.7 Å². The number of ketones is 2. The Kier molecular flexibility index (Phi) is 4.02. The standard InChI is InChI=1S/C21H21NO5/c1-21(2)10-15(24)20-17(11-21)27-16-8-4-7-14(23)19(16)18(20)12-5-3-6-13(9-12)22(25)26/h3,5-6,9,18H,4,7-8,10-11H2,1-2H3. The Labute approximate surface area is 157 Å². The maximum atomic E-state index is 13.0. The van der Waals surface area contributed by atoms with Gasteiger partial charge in [0.1, 0.15) is 11.5 Å². The summed E-state index contributed by atoms with van der Waals surface area (Å²) in [4.78, 5) is 36.5. The molecule has 3 aliphatic rings. The lowest BCUT2D eigenvalue weighted by atomic mass is 9.68. The molecule has 0 saturated heterocycles. The lowest BCUT2D eigenvalue weighted by Crippen LogP contribution is -2.35. The first kappa shape index (κ1) is 17.6. The van der Waals surface area contributed by atoms with Crippen LogP contribution in [0.5, 0.6) is 0 Å². The third-order valence-electron chi connectivity index (χ3n) is 5.53. The predicted octanol–water partition coefficient (Wildman–Crippen LogP) is 4.36. The van der Waals surface area contributed by atoms with Crippen LogP contribution < -0.4 is 0 Å². The average molecular weight is 367 g/mol. The Hall–Kier alpha value is -2.76. The molecule has 0 fully saturated rings. The lowest BCUT2D eigenvalue weighted by Gasteiger charge is -2.40. The van der Waals surface area contributed by atoms with Crippen molar-refractivity contribution >= 4 is 17.3 Å². The quantitative estimate of drug-likeness (QED) is 0.572. The van der Waals surface area contributed by atoms with Crippen molar-refractivity contribution in [3.63, 3.8) is 0 Å². The second-order valence-electron chi connectivity index (χ2n) is 8.28. The van der Waals surface area contributed by atoms with Gasteiger partial charge in [-0.2, -0.15) is 0 Å². The second-order valence-corrected chi connectivity index (χ2v) is 8.28. The van der Waals surface area contributed by atoms with Gasteiger partial charge in [-0.1, -0.05) is 26.0 Å². The Morgan fingerprint density at radius 3 is 2.56 bits per heavy atom. The molecule has 0 N–H and O–H groups in total. The highest BCUT2D eigenvalue weighted by Gasteiger charge is 2.45. The molecular formula is C21H21NO5. The molecule has 1 atom stereocenters. The van der Waals surface area contributed by atoms with Gasteiger partial charge in [-0.25, -0.2) is 0 Å². The lowest BCUT2D eigenvalue weighted by molar-refractivity contribution is -0.384. The molecule has 0 saturated carbocycles. The molecule has 4 rings (SSSR count). The first-order chi connectivity index (χ1) is 12.8. The van der Waals surface area contributed by atoms with E-state index in [-0.39, 0.29) is 22.7 Å². The van der Waals surface area contributed by atoms with E-state index >= 15 is 0 Å². The van der Waals surface area contributed by atoms with Crippen LogP contribution in [-0.2, 0) is 14.3 Å². The summed E-state index contributed by atoms with van der Waals surface area (Å²) in [6.45, 7) is 4.05. The molecule has 0 spiro atoms. The summed E-state index contributed by atoms with van der Waals surface area (Å²) < 4.78 is 6.08. The first-order valence-electron chi connectivity index (χ1n) is 9.21. The molecule has 1 heterocycles. The number of ether oxygens (including phenoxy) is 1. The van der Waals surface area contributed by atoms with Gasteiger partial charge in [-0.3, -0.25) is 19.7 Å². The smallest absolute Gasteiger partial charge is 0.269 e. The largest absolute Gasteiger partial charge is 0.465 e. The van der Waals surface area contributed by atoms with E-state index < -0.39 is 10.8 Å². The third-order valence-corrected chi connectivity index (χ3v) is 5.53. The average Bonchev–Trinajstić information content (AvgIpc) is 2.59. The van der Waals surface area contributed by atoms with Gasteiger partial charge in [0.05, 0.1) is 4.92 Å². The number of rotatable bonds is 2. The molecule has 1 unspecified atom stereocenters. The van der Waals surface area contributed by atoms with Gasteiger partial charge >= 0.3 is 0 Å². The van der Waals surface area contributed by atoms with Gasteiger partial charge in [0, 0.05) is 54.9 Å². The number of hydrogen-bond donors (Lipinski definition) is 0. The number of Topliss-reactive ketones (excluding diaryl/α,β-unsaturated/α-hetero) is 2. The van der Waals surface area contributed by atoms with Crippen LogP contribution in [0.2, 0.25) is 0 Å². The van der Waals surface area contributed by atoms with Crippen molar-refractivity contribution in [2.75, 3.05) is 0 Å². The summed E-state index contributed by atoms with van der Waals surface area (Å²) in [5, 5.41) is 11.2. The van der Waals surface area contributed by atoms with E-state index in [1.807, 2.05) is 13.8 Å². The molecule has 0 radical (unpaired) electrons. The van der Waals surface area contributed by atoms with E-state index in [0.717, 1.165) is 6.42 Å². The summed E-state index contributed by atoms with van der Waals surface area (Å²) in [5.41, 5.74) is 1.36. The molecule has 6 nitrogen and oxygen atoms in total. The summed E-state index contributed by atoms with van der Waals surface area (Å²) >= 11 is 0. The summed E-state index contributed by atoms with van der Waals surface area (Å²) in [6.07, 6.45) is 2.77. The van der Waals surface area contributed by atoms with Crippen molar-refractivity contribution in [2.45, 2.75) is 51.9 Å². The zero-order chi connectivity index (χ0) is 19.3. The minimum Gasteiger partial charge on any atom is -0.465 e. The maximum absolute atomic E-state index is 13.0. The fraction of sp³-hybridized carbons (Fsp3) is 0.429. The second kappa shape index (κ2) is 6.15. The third kappa shape index (κ3) is 2.99. The Bertz CT molecular complexity index is 938. The molecule has 1 aromatic carbocycles. The molecule has 1 aromatic rings. The minimum absolute atomic E-state index is 0.0306. The van der Waals surface area contributed by atoms with Crippen molar-refractivity contribution < 1.29 is 19.2 Å². The highest BCUT2D eigenvalue weighted by Crippen LogP contribution is 2.51. The SMILES string of the molecule is CC1(C)CC(=O)C2=C(C1)OC1=C(C(=O)CCC1)C2c1cccc([N+](=O)[O-])c1. The Balaban J connectivity index is 1.91. The summed E-state index contributed by atoms with van der Waals surface area (Å²) in [5.74, 6) is 0.618. The van der Waals surface area contributed by atoms with Gasteiger partial charge in [-0.05, 0) is 17.4 Å². The first-order valence-corrected chi connectivity index (χ1v) is 9.21. The monoisotopic (exact) mass is 367 g/mol. The molecule has 6 heteroatoms. The fourth-order valence-corrected chi connectivity index (χ4v) is 4.40. The van der Waals surface area contributed by atoms with Crippen LogP contribution in [0.3, 0.4) is 0 Å². The van der Waals surface area contributed by atoms with E-state index in [1.165, 1.54) is 12.1 Å². The fourth-order valence-electron chi connectivity index (χ4n) is 4.40. The van der Waals surface area contributed by atoms with Crippen molar-refractivity contribution in [2.24, 2.45) is 5.41 Å². The van der Waals surface area contributed by atoms with Crippen molar-refractivity contribution in [3.8, 4) is 0 Å². The van der Waals surface area contributed by atoms with Gasteiger partial charge in [-0.15, -0.1) is 0 Å². The Morgan fingerprint density at radius 2 is 1.81 bits per heavy atom. The summed E-state index contributed by atoms with van der Waals surface area (Å²) in [6, 6.07) is 6.25. The number of nitro benzene ring substituents is 1. The van der Waals surface area contributed by atoms with Gasteiger partial charge in [0.2, 0.25) is 0 Å². The van der Waals surface area contributed by atoms with E-state index in [4.69, 9.17) is 4.74 Å². The molecular weight excluding hydrogens is 346 g/mol. The number of allylic oxidation sites excluding steroid dienone is 4. The number of benzene rings is 1. The molecule has 0 bridgehead atoms. The zero-order valence-electron chi connectivity index (χ0n) is 15.4. The van der Waals surface area contributed by atoms with E-state index in [1.54, 1.807) is 12.1 Å². The normalized spacial score (nSPS) is 24.3. The molecule has 0 amide bonds. The highest BCUT2D eigenvalue weighted by atomic mass is 16.6. The number of non-ortho nitro benzene ring substituents is 1. The van der Waals surface area contributed by atoms with Crippen LogP contribution in [0.25, 0.3) is 0 Å². The number of carbonyl (C=O) groups excluding carboxylic acids is 2. The van der Waals surface area contributed by atoms with Crippen molar-refractivity contribution in [3.05, 3.63) is 62.6 Å².